The highest BCUT2D eigenvalue weighted by molar-refractivity contribution is 5.85. The molecule has 0 spiro atoms. The Morgan fingerprint density at radius 1 is 1.35 bits per heavy atom. The molecule has 0 bridgehead atoms. The van der Waals surface area contributed by atoms with Crippen molar-refractivity contribution in [3.05, 3.63) is 17.6 Å². The van der Waals surface area contributed by atoms with Crippen LogP contribution in [0, 0.1) is 12.3 Å². The fourth-order valence-corrected chi connectivity index (χ4v) is 1.64. The lowest BCUT2D eigenvalue weighted by Crippen LogP contribution is -2.25. The predicted molar refractivity (Wildman–Crippen MR) is 76.9 cm³/mol. The molecule has 0 aliphatic rings. The van der Waals surface area contributed by atoms with E-state index in [9.17, 15) is 4.79 Å². The Morgan fingerprint density at radius 2 is 2.05 bits per heavy atom. The van der Waals surface area contributed by atoms with E-state index in [-0.39, 0.29) is 11.2 Å². The van der Waals surface area contributed by atoms with Crippen molar-refractivity contribution in [3.8, 4) is 0 Å². The van der Waals surface area contributed by atoms with Gasteiger partial charge in [0.1, 0.15) is 5.82 Å². The van der Waals surface area contributed by atoms with Crippen molar-refractivity contribution in [1.29, 1.82) is 0 Å². The number of rotatable bonds is 7. The Kier molecular flexibility index (Phi) is 5.88. The third-order valence-electron chi connectivity index (χ3n) is 2.95. The van der Waals surface area contributed by atoms with E-state index in [2.05, 4.69) is 33.9 Å². The van der Waals surface area contributed by atoms with Crippen LogP contribution in [0.3, 0.4) is 0 Å². The summed E-state index contributed by atoms with van der Waals surface area (Å²) in [4.78, 5) is 19.7. The topological polar surface area (TPSA) is 73.3 Å². The molecule has 1 aromatic heterocycles. The maximum absolute atomic E-state index is 11.5. The van der Waals surface area contributed by atoms with Gasteiger partial charge in [0.2, 0.25) is 5.82 Å². The summed E-state index contributed by atoms with van der Waals surface area (Å²) in [6.07, 6.45) is 0.935. The van der Waals surface area contributed by atoms with Crippen LogP contribution >= 0.6 is 0 Å². The number of nitrogens with zero attached hydrogens (tertiary/aromatic N) is 2. The van der Waals surface area contributed by atoms with Crippen LogP contribution in [-0.2, 0) is 9.47 Å². The van der Waals surface area contributed by atoms with Gasteiger partial charge in [-0.1, -0.05) is 13.8 Å². The Morgan fingerprint density at radius 3 is 2.65 bits per heavy atom. The van der Waals surface area contributed by atoms with Gasteiger partial charge >= 0.3 is 5.97 Å². The van der Waals surface area contributed by atoms with Crippen LogP contribution in [0.2, 0.25) is 0 Å². The van der Waals surface area contributed by atoms with Gasteiger partial charge in [0.05, 0.1) is 7.11 Å². The van der Waals surface area contributed by atoms with Crippen LogP contribution in [0.15, 0.2) is 6.07 Å². The van der Waals surface area contributed by atoms with Crippen molar-refractivity contribution >= 4 is 11.8 Å². The Hall–Kier alpha value is -1.69. The van der Waals surface area contributed by atoms with Crippen molar-refractivity contribution < 1.29 is 14.3 Å². The minimum absolute atomic E-state index is 0.0697. The van der Waals surface area contributed by atoms with Gasteiger partial charge in [-0.3, -0.25) is 0 Å². The fourth-order valence-electron chi connectivity index (χ4n) is 1.64. The highest BCUT2D eigenvalue weighted by atomic mass is 16.5. The number of anilines is 1. The minimum Gasteiger partial charge on any atom is -0.463 e. The normalized spacial score (nSPS) is 11.2. The molecule has 6 heteroatoms. The first-order valence-corrected chi connectivity index (χ1v) is 6.55. The SMILES string of the molecule is COCCC(C)(C)CNc1cc(C)nc(C(=O)OC)n1. The molecular weight excluding hydrogens is 258 g/mol. The molecule has 0 unspecified atom stereocenters. The number of aryl methyl sites for hydroxylation is 1. The third kappa shape index (κ3) is 5.13. The highest BCUT2D eigenvalue weighted by Crippen LogP contribution is 2.21. The second-order valence-corrected chi connectivity index (χ2v) is 5.47. The van der Waals surface area contributed by atoms with Crippen LogP contribution < -0.4 is 5.32 Å². The highest BCUT2D eigenvalue weighted by Gasteiger charge is 2.18. The Balaban J connectivity index is 2.73. The number of hydrogen-bond donors (Lipinski definition) is 1. The first-order valence-electron chi connectivity index (χ1n) is 6.55. The molecule has 0 saturated carbocycles. The molecule has 1 aromatic rings. The molecule has 1 heterocycles. The van der Waals surface area contributed by atoms with Gasteiger partial charge in [0.25, 0.3) is 0 Å². The summed E-state index contributed by atoms with van der Waals surface area (Å²) in [5.74, 6) is 0.170. The summed E-state index contributed by atoms with van der Waals surface area (Å²) in [6.45, 7) is 7.55. The zero-order chi connectivity index (χ0) is 15.2. The van der Waals surface area contributed by atoms with Gasteiger partial charge in [0, 0.05) is 32.0 Å². The van der Waals surface area contributed by atoms with Gasteiger partial charge in [-0.25, -0.2) is 14.8 Å². The average molecular weight is 281 g/mol. The summed E-state index contributed by atoms with van der Waals surface area (Å²) >= 11 is 0. The lowest BCUT2D eigenvalue weighted by atomic mass is 9.90. The van der Waals surface area contributed by atoms with E-state index in [1.54, 1.807) is 13.2 Å². The van der Waals surface area contributed by atoms with Crippen molar-refractivity contribution in [3.63, 3.8) is 0 Å². The molecule has 0 fully saturated rings. The number of ether oxygens (including phenoxy) is 2. The monoisotopic (exact) mass is 281 g/mol. The lowest BCUT2D eigenvalue weighted by Gasteiger charge is -2.24. The standard InChI is InChI=1S/C14H23N3O3/c1-10-8-11(17-12(16-10)13(18)20-5)15-9-14(2,3)6-7-19-4/h8H,6-7,9H2,1-5H3,(H,15,16,17). The molecular formula is C14H23N3O3. The molecule has 112 valence electrons. The van der Waals surface area contributed by atoms with Crippen LogP contribution in [0.5, 0.6) is 0 Å². The van der Waals surface area contributed by atoms with Crippen molar-refractivity contribution in [2.45, 2.75) is 27.2 Å². The molecule has 1 rings (SSSR count). The van der Waals surface area contributed by atoms with Crippen LogP contribution in [-0.4, -0.2) is 43.3 Å². The summed E-state index contributed by atoms with van der Waals surface area (Å²) in [7, 11) is 3.01. The number of hydrogen-bond acceptors (Lipinski definition) is 6. The number of esters is 1. The molecule has 0 amide bonds. The largest absolute Gasteiger partial charge is 0.463 e. The zero-order valence-electron chi connectivity index (χ0n) is 12.8. The predicted octanol–water partition coefficient (Wildman–Crippen LogP) is 2.05. The zero-order valence-corrected chi connectivity index (χ0v) is 12.8. The van der Waals surface area contributed by atoms with Crippen molar-refractivity contribution in [2.75, 3.05) is 32.7 Å². The molecule has 0 atom stereocenters. The van der Waals surface area contributed by atoms with E-state index in [0.29, 0.717) is 12.4 Å². The Labute approximate surface area is 119 Å². The Bertz CT molecular complexity index is 461. The van der Waals surface area contributed by atoms with Gasteiger partial charge in [-0.2, -0.15) is 0 Å². The molecule has 0 aliphatic carbocycles. The van der Waals surface area contributed by atoms with Crippen LogP contribution in [0.1, 0.15) is 36.6 Å². The summed E-state index contributed by atoms with van der Waals surface area (Å²) in [5, 5.41) is 3.24. The smallest absolute Gasteiger partial charge is 0.376 e. The number of methoxy groups -OCH3 is 2. The fraction of sp³-hybridized carbons (Fsp3) is 0.643. The molecule has 0 aliphatic heterocycles. The van der Waals surface area contributed by atoms with Crippen LogP contribution in [0.4, 0.5) is 5.82 Å². The summed E-state index contributed by atoms with van der Waals surface area (Å²) in [5.41, 5.74) is 0.790. The van der Waals surface area contributed by atoms with Crippen molar-refractivity contribution in [1.82, 2.24) is 9.97 Å². The molecule has 0 radical (unpaired) electrons. The van der Waals surface area contributed by atoms with Crippen molar-refractivity contribution in [2.24, 2.45) is 5.41 Å². The van der Waals surface area contributed by atoms with E-state index in [0.717, 1.165) is 18.7 Å². The summed E-state index contributed by atoms with van der Waals surface area (Å²) in [6, 6.07) is 1.80. The van der Waals surface area contributed by atoms with E-state index in [1.165, 1.54) is 7.11 Å². The second kappa shape index (κ2) is 7.19. The second-order valence-electron chi connectivity index (χ2n) is 5.47. The number of carbonyl (C=O) groups excluding carboxylic acids is 1. The van der Waals surface area contributed by atoms with E-state index in [4.69, 9.17) is 4.74 Å². The van der Waals surface area contributed by atoms with Gasteiger partial charge in [-0.05, 0) is 18.8 Å². The maximum atomic E-state index is 11.5. The van der Waals surface area contributed by atoms with E-state index in [1.807, 2.05) is 6.92 Å². The molecule has 6 nitrogen and oxygen atoms in total. The number of nitrogens with one attached hydrogen (secondary N) is 1. The molecule has 0 aromatic carbocycles. The van der Waals surface area contributed by atoms with Gasteiger partial charge < -0.3 is 14.8 Å². The third-order valence-corrected chi connectivity index (χ3v) is 2.95. The molecule has 1 N–H and O–H groups in total. The molecule has 0 saturated heterocycles. The minimum atomic E-state index is -0.532. The summed E-state index contributed by atoms with van der Waals surface area (Å²) < 4.78 is 9.74. The van der Waals surface area contributed by atoms with E-state index >= 15 is 0 Å². The number of carbonyl (C=O) groups is 1. The quantitative estimate of drug-likeness (QED) is 0.771. The molecule has 20 heavy (non-hydrogen) atoms. The maximum Gasteiger partial charge on any atom is 0.376 e. The van der Waals surface area contributed by atoms with Gasteiger partial charge in [-0.15, -0.1) is 0 Å². The average Bonchev–Trinajstić information content (AvgIpc) is 2.41. The first-order chi connectivity index (χ1) is 9.38. The van der Waals surface area contributed by atoms with Crippen LogP contribution in [0.25, 0.3) is 0 Å². The first kappa shape index (κ1) is 16.4. The lowest BCUT2D eigenvalue weighted by molar-refractivity contribution is 0.0586. The van der Waals surface area contributed by atoms with Gasteiger partial charge in [0.15, 0.2) is 0 Å². The van der Waals surface area contributed by atoms with E-state index < -0.39 is 5.97 Å². The number of aromatic nitrogens is 2.